The van der Waals surface area contributed by atoms with Gasteiger partial charge in [-0.05, 0) is 55.8 Å². The average Bonchev–Trinajstić information content (AvgIpc) is 3.12. The number of aryl methyl sites for hydroxylation is 1. The molecule has 4 rings (SSSR count). The summed E-state index contributed by atoms with van der Waals surface area (Å²) in [6.07, 6.45) is 6.25. The van der Waals surface area contributed by atoms with Gasteiger partial charge in [-0.25, -0.2) is 4.68 Å². The lowest BCUT2D eigenvalue weighted by molar-refractivity contribution is 0.0981. The molecule has 1 unspecified atom stereocenters. The van der Waals surface area contributed by atoms with Crippen LogP contribution in [0.15, 0.2) is 30.5 Å². The molecule has 0 radical (unpaired) electrons. The molecule has 6 nitrogen and oxygen atoms in total. The van der Waals surface area contributed by atoms with Gasteiger partial charge >= 0.3 is 0 Å². The Morgan fingerprint density at radius 3 is 2.72 bits per heavy atom. The zero-order chi connectivity index (χ0) is 17.2. The van der Waals surface area contributed by atoms with Crippen LogP contribution in [-0.2, 0) is 6.42 Å². The molecule has 1 amide bonds. The number of carbonyl (C=O) groups is 1. The third-order valence-electron chi connectivity index (χ3n) is 5.18. The monoisotopic (exact) mass is 339 g/mol. The molecule has 2 heterocycles. The molecular weight excluding hydrogens is 314 g/mol. The fourth-order valence-corrected chi connectivity index (χ4v) is 3.33. The molecule has 1 saturated carbocycles. The SMILES string of the molecule is CCc1ccc(N(CC2CC2)C(=O)c2cn(C3CCNC3)nn2)cc1. The molecule has 2 aromatic rings. The van der Waals surface area contributed by atoms with Gasteiger partial charge in [-0.3, -0.25) is 4.79 Å². The van der Waals surface area contributed by atoms with Crippen LogP contribution in [0.5, 0.6) is 0 Å². The second-order valence-corrected chi connectivity index (χ2v) is 7.11. The second-order valence-electron chi connectivity index (χ2n) is 7.11. The highest BCUT2D eigenvalue weighted by molar-refractivity contribution is 6.04. The summed E-state index contributed by atoms with van der Waals surface area (Å²) in [5.74, 6) is 0.567. The number of rotatable bonds is 6. The Morgan fingerprint density at radius 2 is 2.08 bits per heavy atom. The van der Waals surface area contributed by atoms with E-state index in [-0.39, 0.29) is 5.91 Å². The van der Waals surface area contributed by atoms with Crippen LogP contribution in [0.3, 0.4) is 0 Å². The Balaban J connectivity index is 1.56. The quantitative estimate of drug-likeness (QED) is 0.878. The van der Waals surface area contributed by atoms with E-state index in [0.29, 0.717) is 17.7 Å². The number of aromatic nitrogens is 3. The van der Waals surface area contributed by atoms with Crippen molar-refractivity contribution in [3.8, 4) is 0 Å². The molecule has 1 aromatic carbocycles. The number of anilines is 1. The molecule has 0 bridgehead atoms. The molecule has 2 aliphatic rings. The molecule has 1 aromatic heterocycles. The zero-order valence-electron chi connectivity index (χ0n) is 14.7. The lowest BCUT2D eigenvalue weighted by Crippen LogP contribution is -2.33. The molecule has 1 N–H and O–H groups in total. The number of benzene rings is 1. The standard InChI is InChI=1S/C19H25N5O/c1-2-14-5-7-16(8-6-14)23(12-15-3-4-15)19(25)18-13-24(22-21-18)17-9-10-20-11-17/h5-8,13,15,17,20H,2-4,9-12H2,1H3. The van der Waals surface area contributed by atoms with Crippen molar-refractivity contribution in [2.24, 2.45) is 5.92 Å². The van der Waals surface area contributed by atoms with Gasteiger partial charge in [0, 0.05) is 18.8 Å². The van der Waals surface area contributed by atoms with Crippen molar-refractivity contribution < 1.29 is 4.79 Å². The Bertz CT molecular complexity index is 729. The van der Waals surface area contributed by atoms with Crippen LogP contribution >= 0.6 is 0 Å². The molecule has 1 atom stereocenters. The molecule has 132 valence electrons. The van der Waals surface area contributed by atoms with Crippen LogP contribution in [-0.4, -0.2) is 40.5 Å². The predicted molar refractivity (Wildman–Crippen MR) is 96.8 cm³/mol. The predicted octanol–water partition coefficient (Wildman–Crippen LogP) is 2.43. The topological polar surface area (TPSA) is 63.1 Å². The Kier molecular flexibility index (Phi) is 4.53. The highest BCUT2D eigenvalue weighted by Gasteiger charge is 2.30. The second kappa shape index (κ2) is 6.96. The van der Waals surface area contributed by atoms with Crippen molar-refractivity contribution in [2.45, 2.75) is 38.6 Å². The molecule has 6 heteroatoms. The summed E-state index contributed by atoms with van der Waals surface area (Å²) < 4.78 is 1.84. The average molecular weight is 339 g/mol. The first-order valence-corrected chi connectivity index (χ1v) is 9.28. The maximum atomic E-state index is 13.1. The first-order valence-electron chi connectivity index (χ1n) is 9.28. The molecule has 1 saturated heterocycles. The van der Waals surface area contributed by atoms with Gasteiger partial charge in [0.25, 0.3) is 5.91 Å². The van der Waals surface area contributed by atoms with Crippen molar-refractivity contribution in [1.82, 2.24) is 20.3 Å². The minimum Gasteiger partial charge on any atom is -0.315 e. The number of nitrogens with zero attached hydrogens (tertiary/aromatic N) is 4. The molecular formula is C19H25N5O. The summed E-state index contributed by atoms with van der Waals surface area (Å²) in [5.41, 5.74) is 2.67. The molecule has 25 heavy (non-hydrogen) atoms. The van der Waals surface area contributed by atoms with E-state index in [4.69, 9.17) is 0 Å². The summed E-state index contributed by atoms with van der Waals surface area (Å²) in [5, 5.41) is 11.7. The number of hydrogen-bond donors (Lipinski definition) is 1. The number of hydrogen-bond acceptors (Lipinski definition) is 4. The third kappa shape index (κ3) is 3.58. The van der Waals surface area contributed by atoms with Gasteiger partial charge in [0.15, 0.2) is 5.69 Å². The van der Waals surface area contributed by atoms with Gasteiger partial charge in [0.2, 0.25) is 0 Å². The fourth-order valence-electron chi connectivity index (χ4n) is 3.33. The summed E-state index contributed by atoms with van der Waals surface area (Å²) in [6.45, 7) is 4.78. The highest BCUT2D eigenvalue weighted by Crippen LogP contribution is 2.32. The smallest absolute Gasteiger partial charge is 0.280 e. The molecule has 1 aliphatic heterocycles. The van der Waals surface area contributed by atoms with Crippen LogP contribution in [0.25, 0.3) is 0 Å². The minimum absolute atomic E-state index is 0.0478. The molecule has 1 aliphatic carbocycles. The van der Waals surface area contributed by atoms with E-state index in [1.54, 1.807) is 6.20 Å². The van der Waals surface area contributed by atoms with E-state index in [1.807, 2.05) is 21.7 Å². The first-order chi connectivity index (χ1) is 12.2. The van der Waals surface area contributed by atoms with Crippen molar-refractivity contribution in [2.75, 3.05) is 24.5 Å². The Morgan fingerprint density at radius 1 is 1.28 bits per heavy atom. The minimum atomic E-state index is -0.0478. The zero-order valence-corrected chi connectivity index (χ0v) is 14.7. The summed E-state index contributed by atoms with van der Waals surface area (Å²) in [4.78, 5) is 15.0. The van der Waals surface area contributed by atoms with Crippen LogP contribution in [0.2, 0.25) is 0 Å². The summed E-state index contributed by atoms with van der Waals surface area (Å²) in [6, 6.07) is 8.59. The Labute approximate surface area is 148 Å². The van der Waals surface area contributed by atoms with Crippen molar-refractivity contribution >= 4 is 11.6 Å². The van der Waals surface area contributed by atoms with Gasteiger partial charge in [-0.1, -0.05) is 24.3 Å². The fraction of sp³-hybridized carbons (Fsp3) is 0.526. The maximum Gasteiger partial charge on any atom is 0.280 e. The van der Waals surface area contributed by atoms with Gasteiger partial charge in [-0.2, -0.15) is 0 Å². The molecule has 0 spiro atoms. The van der Waals surface area contributed by atoms with E-state index in [2.05, 4.69) is 34.7 Å². The van der Waals surface area contributed by atoms with Crippen molar-refractivity contribution in [1.29, 1.82) is 0 Å². The number of carbonyl (C=O) groups excluding carboxylic acids is 1. The molecule has 2 fully saturated rings. The van der Waals surface area contributed by atoms with Crippen LogP contribution in [0.4, 0.5) is 5.69 Å². The van der Waals surface area contributed by atoms with Gasteiger partial charge in [0.1, 0.15) is 0 Å². The van der Waals surface area contributed by atoms with Crippen LogP contribution < -0.4 is 10.2 Å². The van der Waals surface area contributed by atoms with Gasteiger partial charge < -0.3 is 10.2 Å². The maximum absolute atomic E-state index is 13.1. The van der Waals surface area contributed by atoms with E-state index in [1.165, 1.54) is 18.4 Å². The largest absolute Gasteiger partial charge is 0.315 e. The normalized spacial score (nSPS) is 20.0. The Hall–Kier alpha value is -2.21. The van der Waals surface area contributed by atoms with Crippen molar-refractivity contribution in [3.63, 3.8) is 0 Å². The third-order valence-corrected chi connectivity index (χ3v) is 5.18. The van der Waals surface area contributed by atoms with Crippen LogP contribution in [0, 0.1) is 5.92 Å². The number of nitrogens with one attached hydrogen (secondary N) is 1. The van der Waals surface area contributed by atoms with E-state index < -0.39 is 0 Å². The highest BCUT2D eigenvalue weighted by atomic mass is 16.2. The van der Waals surface area contributed by atoms with Gasteiger partial charge in [0.05, 0.1) is 12.2 Å². The van der Waals surface area contributed by atoms with E-state index in [9.17, 15) is 4.79 Å². The van der Waals surface area contributed by atoms with E-state index >= 15 is 0 Å². The summed E-state index contributed by atoms with van der Waals surface area (Å²) >= 11 is 0. The summed E-state index contributed by atoms with van der Waals surface area (Å²) in [7, 11) is 0. The van der Waals surface area contributed by atoms with Crippen molar-refractivity contribution in [3.05, 3.63) is 41.7 Å². The van der Waals surface area contributed by atoms with Crippen LogP contribution in [0.1, 0.15) is 48.3 Å². The number of amides is 1. The lowest BCUT2D eigenvalue weighted by atomic mass is 10.1. The van der Waals surface area contributed by atoms with E-state index in [0.717, 1.165) is 38.2 Å². The lowest BCUT2D eigenvalue weighted by Gasteiger charge is -2.22. The van der Waals surface area contributed by atoms with Gasteiger partial charge in [-0.15, -0.1) is 5.10 Å². The first kappa shape index (κ1) is 16.3.